The fourth-order valence-electron chi connectivity index (χ4n) is 1.77. The van der Waals surface area contributed by atoms with E-state index in [1.165, 1.54) is 0 Å². The predicted octanol–water partition coefficient (Wildman–Crippen LogP) is 2.35. The number of rotatable bonds is 8. The van der Waals surface area contributed by atoms with E-state index in [1.807, 2.05) is 13.0 Å². The smallest absolute Gasteiger partial charge is 0.213 e. The van der Waals surface area contributed by atoms with Crippen LogP contribution in [0.5, 0.6) is 0 Å². The standard InChI is InChI=1S/C14H21N5O2/c1-4-5-15-11-6-12(19-13(18-11)9-20-3)16-8-14-17-7-10(2)21-14/h6-7H,4-5,8-9H2,1-3H3,(H2,15,16,18,19). The summed E-state index contributed by atoms with van der Waals surface area (Å²) in [7, 11) is 1.62. The molecule has 2 aromatic rings. The molecule has 21 heavy (non-hydrogen) atoms. The molecule has 2 rings (SSSR count). The van der Waals surface area contributed by atoms with E-state index in [4.69, 9.17) is 9.15 Å². The van der Waals surface area contributed by atoms with Gasteiger partial charge in [0, 0.05) is 19.7 Å². The van der Waals surface area contributed by atoms with Crippen molar-refractivity contribution in [3.63, 3.8) is 0 Å². The third-order valence-electron chi connectivity index (χ3n) is 2.69. The summed E-state index contributed by atoms with van der Waals surface area (Å²) in [6.45, 7) is 5.68. The molecule has 7 nitrogen and oxygen atoms in total. The van der Waals surface area contributed by atoms with Gasteiger partial charge in [-0.2, -0.15) is 0 Å². The van der Waals surface area contributed by atoms with Gasteiger partial charge in [-0.05, 0) is 13.3 Å². The van der Waals surface area contributed by atoms with Crippen molar-refractivity contribution in [3.8, 4) is 0 Å². The second kappa shape index (κ2) is 7.58. The number of hydrogen-bond acceptors (Lipinski definition) is 7. The van der Waals surface area contributed by atoms with Gasteiger partial charge in [-0.3, -0.25) is 0 Å². The molecular formula is C14H21N5O2. The lowest BCUT2D eigenvalue weighted by molar-refractivity contribution is 0.178. The Balaban J connectivity index is 2.07. The molecule has 0 radical (unpaired) electrons. The summed E-state index contributed by atoms with van der Waals surface area (Å²) in [5.74, 6) is 3.54. The van der Waals surface area contributed by atoms with Crippen molar-refractivity contribution in [1.29, 1.82) is 0 Å². The molecule has 0 amide bonds. The zero-order chi connectivity index (χ0) is 15.1. The van der Waals surface area contributed by atoms with Crippen LogP contribution < -0.4 is 10.6 Å². The zero-order valence-corrected chi connectivity index (χ0v) is 12.6. The molecule has 0 aliphatic carbocycles. The molecule has 0 bridgehead atoms. The number of anilines is 2. The third kappa shape index (κ3) is 4.71. The van der Waals surface area contributed by atoms with Crippen molar-refractivity contribution in [1.82, 2.24) is 15.0 Å². The van der Waals surface area contributed by atoms with Crippen LogP contribution in [0.25, 0.3) is 0 Å². The third-order valence-corrected chi connectivity index (χ3v) is 2.69. The summed E-state index contributed by atoms with van der Waals surface area (Å²) in [5, 5.41) is 6.44. The van der Waals surface area contributed by atoms with E-state index >= 15 is 0 Å². The van der Waals surface area contributed by atoms with Gasteiger partial charge in [0.05, 0.1) is 12.7 Å². The average Bonchev–Trinajstić information content (AvgIpc) is 2.89. The molecule has 114 valence electrons. The SMILES string of the molecule is CCCNc1cc(NCc2ncc(C)o2)nc(COC)n1. The van der Waals surface area contributed by atoms with E-state index in [-0.39, 0.29) is 0 Å². The Morgan fingerprint density at radius 1 is 1.24 bits per heavy atom. The minimum Gasteiger partial charge on any atom is -0.444 e. The lowest BCUT2D eigenvalue weighted by atomic mass is 10.4. The van der Waals surface area contributed by atoms with Gasteiger partial charge < -0.3 is 19.8 Å². The monoisotopic (exact) mass is 291 g/mol. The molecule has 0 spiro atoms. The molecule has 0 aliphatic rings. The number of nitrogens with zero attached hydrogens (tertiary/aromatic N) is 3. The lowest BCUT2D eigenvalue weighted by Gasteiger charge is -2.10. The Morgan fingerprint density at radius 2 is 2.00 bits per heavy atom. The summed E-state index contributed by atoms with van der Waals surface area (Å²) >= 11 is 0. The second-order valence-corrected chi connectivity index (χ2v) is 4.63. The summed E-state index contributed by atoms with van der Waals surface area (Å²) < 4.78 is 10.5. The zero-order valence-electron chi connectivity index (χ0n) is 12.6. The molecular weight excluding hydrogens is 270 g/mol. The predicted molar refractivity (Wildman–Crippen MR) is 80.1 cm³/mol. The fraction of sp³-hybridized carbons (Fsp3) is 0.500. The largest absolute Gasteiger partial charge is 0.444 e. The highest BCUT2D eigenvalue weighted by Crippen LogP contribution is 2.13. The first-order valence-corrected chi connectivity index (χ1v) is 6.97. The van der Waals surface area contributed by atoms with Crippen LogP contribution in [-0.2, 0) is 17.9 Å². The maximum absolute atomic E-state index is 5.42. The van der Waals surface area contributed by atoms with Crippen LogP contribution in [0.15, 0.2) is 16.7 Å². The van der Waals surface area contributed by atoms with Crippen LogP contribution in [0.2, 0.25) is 0 Å². The number of aromatic nitrogens is 3. The quantitative estimate of drug-likeness (QED) is 0.772. The Labute approximate surface area is 124 Å². The highest BCUT2D eigenvalue weighted by Gasteiger charge is 2.06. The molecule has 2 heterocycles. The van der Waals surface area contributed by atoms with Crippen molar-refractivity contribution < 1.29 is 9.15 Å². The van der Waals surface area contributed by atoms with Gasteiger partial charge in [0.1, 0.15) is 24.0 Å². The van der Waals surface area contributed by atoms with Crippen LogP contribution >= 0.6 is 0 Å². The van der Waals surface area contributed by atoms with Crippen LogP contribution in [0.4, 0.5) is 11.6 Å². The first-order chi connectivity index (χ1) is 10.2. The molecule has 0 fully saturated rings. The maximum Gasteiger partial charge on any atom is 0.213 e. The topological polar surface area (TPSA) is 85.1 Å². The van der Waals surface area contributed by atoms with E-state index < -0.39 is 0 Å². The minimum atomic E-state index is 0.369. The Bertz CT molecular complexity index is 570. The highest BCUT2D eigenvalue weighted by molar-refractivity contribution is 5.47. The van der Waals surface area contributed by atoms with Crippen molar-refractivity contribution in [2.45, 2.75) is 33.4 Å². The molecule has 7 heteroatoms. The van der Waals surface area contributed by atoms with E-state index in [2.05, 4.69) is 32.5 Å². The second-order valence-electron chi connectivity index (χ2n) is 4.63. The summed E-state index contributed by atoms with van der Waals surface area (Å²) in [5.41, 5.74) is 0. The molecule has 0 aromatic carbocycles. The van der Waals surface area contributed by atoms with Gasteiger partial charge in [0.25, 0.3) is 0 Å². The summed E-state index contributed by atoms with van der Waals surface area (Å²) in [6.07, 6.45) is 2.73. The van der Waals surface area contributed by atoms with Gasteiger partial charge in [-0.15, -0.1) is 0 Å². The maximum atomic E-state index is 5.42. The average molecular weight is 291 g/mol. The van der Waals surface area contributed by atoms with E-state index in [1.54, 1.807) is 13.3 Å². The molecule has 2 aromatic heterocycles. The molecule has 0 atom stereocenters. The first-order valence-electron chi connectivity index (χ1n) is 6.97. The number of aryl methyl sites for hydroxylation is 1. The molecule has 0 saturated carbocycles. The van der Waals surface area contributed by atoms with Gasteiger partial charge in [0.15, 0.2) is 5.82 Å². The molecule has 0 unspecified atom stereocenters. The Hall–Kier alpha value is -2.15. The lowest BCUT2D eigenvalue weighted by Crippen LogP contribution is -2.09. The van der Waals surface area contributed by atoms with Gasteiger partial charge in [0.2, 0.25) is 5.89 Å². The van der Waals surface area contributed by atoms with Crippen LogP contribution in [0.3, 0.4) is 0 Å². The van der Waals surface area contributed by atoms with Crippen molar-refractivity contribution in [2.75, 3.05) is 24.3 Å². The van der Waals surface area contributed by atoms with Crippen LogP contribution in [0.1, 0.15) is 30.8 Å². The first kappa shape index (κ1) is 15.2. The number of nitrogens with one attached hydrogen (secondary N) is 2. The van der Waals surface area contributed by atoms with Gasteiger partial charge >= 0.3 is 0 Å². The summed E-state index contributed by atoms with van der Waals surface area (Å²) in [6, 6.07) is 1.87. The van der Waals surface area contributed by atoms with Crippen LogP contribution in [-0.4, -0.2) is 28.6 Å². The van der Waals surface area contributed by atoms with Crippen molar-refractivity contribution in [2.24, 2.45) is 0 Å². The van der Waals surface area contributed by atoms with Crippen molar-refractivity contribution in [3.05, 3.63) is 29.7 Å². The molecule has 0 saturated heterocycles. The number of oxazole rings is 1. The molecule has 2 N–H and O–H groups in total. The number of hydrogen-bond donors (Lipinski definition) is 2. The normalized spacial score (nSPS) is 10.6. The molecule has 0 aliphatic heterocycles. The minimum absolute atomic E-state index is 0.369. The van der Waals surface area contributed by atoms with E-state index in [0.29, 0.717) is 30.7 Å². The Kier molecular flexibility index (Phi) is 5.51. The fourth-order valence-corrected chi connectivity index (χ4v) is 1.77. The summed E-state index contributed by atoms with van der Waals surface area (Å²) in [4.78, 5) is 12.9. The number of methoxy groups -OCH3 is 1. The van der Waals surface area contributed by atoms with E-state index in [9.17, 15) is 0 Å². The Morgan fingerprint density at radius 3 is 2.62 bits per heavy atom. The van der Waals surface area contributed by atoms with Gasteiger partial charge in [-0.25, -0.2) is 15.0 Å². The van der Waals surface area contributed by atoms with Crippen molar-refractivity contribution >= 4 is 11.6 Å². The number of ether oxygens (including phenoxy) is 1. The van der Waals surface area contributed by atoms with Crippen LogP contribution in [0, 0.1) is 6.92 Å². The van der Waals surface area contributed by atoms with Gasteiger partial charge in [-0.1, -0.05) is 6.92 Å². The van der Waals surface area contributed by atoms with E-state index in [0.717, 1.165) is 24.5 Å². The highest BCUT2D eigenvalue weighted by atomic mass is 16.5.